The smallest absolute Gasteiger partial charge is 0.323 e. The number of hydrogen-bond donors (Lipinski definition) is 1. The third-order valence-electron chi connectivity index (χ3n) is 3.41. The maximum atomic E-state index is 12.3. The zero-order valence-corrected chi connectivity index (χ0v) is 11.5. The summed E-state index contributed by atoms with van der Waals surface area (Å²) in [6.07, 6.45) is 3.79. The van der Waals surface area contributed by atoms with Crippen LogP contribution in [0.4, 0.5) is 4.79 Å². The number of carbonyl (C=O) groups is 2. The first kappa shape index (κ1) is 15.3. The minimum absolute atomic E-state index is 0.0171. The standard InChI is InChI=1S/C13H21N3O3/c1-10(7-14)8-15(2)13(19)16(9-12(17)18)11-5-3-4-6-11/h10-11H,3-6,8-9H2,1-2H3,(H,17,18). The number of carboxylic acid groups (broad SMARTS) is 1. The summed E-state index contributed by atoms with van der Waals surface area (Å²) in [7, 11) is 1.61. The molecule has 0 aromatic heterocycles. The molecule has 1 saturated carbocycles. The van der Waals surface area contributed by atoms with E-state index in [1.54, 1.807) is 14.0 Å². The van der Waals surface area contributed by atoms with E-state index in [2.05, 4.69) is 6.07 Å². The molecule has 0 bridgehead atoms. The molecule has 0 aromatic rings. The van der Waals surface area contributed by atoms with Gasteiger partial charge in [-0.1, -0.05) is 12.8 Å². The molecule has 0 aliphatic heterocycles. The fourth-order valence-corrected chi connectivity index (χ4v) is 2.46. The Morgan fingerprint density at radius 3 is 2.47 bits per heavy atom. The van der Waals surface area contributed by atoms with Gasteiger partial charge >= 0.3 is 12.0 Å². The number of amides is 2. The van der Waals surface area contributed by atoms with E-state index in [-0.39, 0.29) is 24.5 Å². The lowest BCUT2D eigenvalue weighted by Gasteiger charge is -2.32. The topological polar surface area (TPSA) is 84.6 Å². The molecule has 106 valence electrons. The molecule has 1 rings (SSSR count). The van der Waals surface area contributed by atoms with E-state index >= 15 is 0 Å². The Labute approximate surface area is 113 Å². The van der Waals surface area contributed by atoms with E-state index in [0.717, 1.165) is 25.7 Å². The van der Waals surface area contributed by atoms with E-state index in [1.165, 1.54) is 9.80 Å². The van der Waals surface area contributed by atoms with Crippen molar-refractivity contribution in [2.45, 2.75) is 38.6 Å². The van der Waals surface area contributed by atoms with Crippen LogP contribution in [-0.2, 0) is 4.79 Å². The third kappa shape index (κ3) is 4.43. The molecule has 1 fully saturated rings. The van der Waals surface area contributed by atoms with Crippen molar-refractivity contribution in [3.05, 3.63) is 0 Å². The van der Waals surface area contributed by atoms with Gasteiger partial charge in [0.15, 0.2) is 0 Å². The van der Waals surface area contributed by atoms with Gasteiger partial charge in [0.05, 0.1) is 12.0 Å². The van der Waals surface area contributed by atoms with Crippen molar-refractivity contribution in [1.82, 2.24) is 9.80 Å². The molecule has 19 heavy (non-hydrogen) atoms. The van der Waals surface area contributed by atoms with Crippen molar-refractivity contribution in [3.8, 4) is 6.07 Å². The fraction of sp³-hybridized carbons (Fsp3) is 0.769. The first-order valence-electron chi connectivity index (χ1n) is 6.58. The summed E-state index contributed by atoms with van der Waals surface area (Å²) >= 11 is 0. The average Bonchev–Trinajstić information content (AvgIpc) is 2.88. The highest BCUT2D eigenvalue weighted by atomic mass is 16.4. The molecule has 0 radical (unpaired) electrons. The zero-order valence-electron chi connectivity index (χ0n) is 11.5. The molecular formula is C13H21N3O3. The summed E-state index contributed by atoms with van der Waals surface area (Å²) in [5.74, 6) is -1.26. The molecule has 0 saturated heterocycles. The number of carboxylic acids is 1. The van der Waals surface area contributed by atoms with Crippen LogP contribution in [0.1, 0.15) is 32.6 Å². The summed E-state index contributed by atoms with van der Waals surface area (Å²) in [5, 5.41) is 17.7. The first-order valence-corrected chi connectivity index (χ1v) is 6.58. The van der Waals surface area contributed by atoms with Crippen LogP contribution in [0.25, 0.3) is 0 Å². The molecule has 0 heterocycles. The van der Waals surface area contributed by atoms with E-state index in [4.69, 9.17) is 10.4 Å². The second-order valence-electron chi connectivity index (χ2n) is 5.15. The lowest BCUT2D eigenvalue weighted by molar-refractivity contribution is -0.138. The second kappa shape index (κ2) is 6.98. The Bertz CT molecular complexity index is 372. The van der Waals surface area contributed by atoms with Gasteiger partial charge in [-0.15, -0.1) is 0 Å². The molecule has 1 atom stereocenters. The number of aliphatic carboxylic acids is 1. The molecule has 1 aliphatic carbocycles. The number of hydrogen-bond acceptors (Lipinski definition) is 3. The van der Waals surface area contributed by atoms with Gasteiger partial charge in [0.1, 0.15) is 6.54 Å². The van der Waals surface area contributed by atoms with Crippen LogP contribution < -0.4 is 0 Å². The largest absolute Gasteiger partial charge is 0.480 e. The van der Waals surface area contributed by atoms with Gasteiger partial charge in [0.25, 0.3) is 0 Å². The molecule has 2 amide bonds. The Balaban J connectivity index is 2.70. The Kier molecular flexibility index (Phi) is 5.61. The summed E-state index contributed by atoms with van der Waals surface area (Å²) in [4.78, 5) is 26.1. The molecule has 1 N–H and O–H groups in total. The molecular weight excluding hydrogens is 246 g/mol. The molecule has 1 aliphatic rings. The summed E-state index contributed by atoms with van der Waals surface area (Å²) in [6.45, 7) is 1.79. The van der Waals surface area contributed by atoms with Gasteiger partial charge in [-0.05, 0) is 19.8 Å². The van der Waals surface area contributed by atoms with Crippen LogP contribution in [0.15, 0.2) is 0 Å². The molecule has 1 unspecified atom stereocenters. The lowest BCUT2D eigenvalue weighted by Crippen LogP contribution is -2.49. The fourth-order valence-electron chi connectivity index (χ4n) is 2.46. The van der Waals surface area contributed by atoms with E-state index < -0.39 is 5.97 Å². The van der Waals surface area contributed by atoms with Crippen LogP contribution >= 0.6 is 0 Å². The van der Waals surface area contributed by atoms with Gasteiger partial charge in [0.2, 0.25) is 0 Å². The summed E-state index contributed by atoms with van der Waals surface area (Å²) in [6, 6.07) is 1.79. The predicted molar refractivity (Wildman–Crippen MR) is 69.4 cm³/mol. The van der Waals surface area contributed by atoms with E-state index in [9.17, 15) is 9.59 Å². The van der Waals surface area contributed by atoms with Crippen molar-refractivity contribution >= 4 is 12.0 Å². The van der Waals surface area contributed by atoms with Gasteiger partial charge in [-0.2, -0.15) is 5.26 Å². The maximum absolute atomic E-state index is 12.3. The summed E-state index contributed by atoms with van der Waals surface area (Å²) < 4.78 is 0. The van der Waals surface area contributed by atoms with Gasteiger partial charge < -0.3 is 14.9 Å². The van der Waals surface area contributed by atoms with E-state index in [0.29, 0.717) is 6.54 Å². The molecule has 6 heteroatoms. The van der Waals surface area contributed by atoms with Gasteiger partial charge in [-0.25, -0.2) is 4.79 Å². The van der Waals surface area contributed by atoms with Gasteiger partial charge in [0, 0.05) is 19.6 Å². The first-order chi connectivity index (χ1) is 8.95. The molecule has 0 spiro atoms. The SMILES string of the molecule is CC(C#N)CN(C)C(=O)N(CC(=O)O)C1CCCC1. The Morgan fingerprint density at radius 2 is 2.00 bits per heavy atom. The molecule has 0 aromatic carbocycles. The Morgan fingerprint density at radius 1 is 1.42 bits per heavy atom. The quantitative estimate of drug-likeness (QED) is 0.818. The number of carbonyl (C=O) groups excluding carboxylic acids is 1. The lowest BCUT2D eigenvalue weighted by atomic mass is 10.2. The van der Waals surface area contributed by atoms with E-state index in [1.807, 2.05) is 0 Å². The van der Waals surface area contributed by atoms with Crippen LogP contribution in [0, 0.1) is 17.2 Å². The highest BCUT2D eigenvalue weighted by Crippen LogP contribution is 2.24. The summed E-state index contributed by atoms with van der Waals surface area (Å²) in [5.41, 5.74) is 0. The van der Waals surface area contributed by atoms with Crippen molar-refractivity contribution in [2.24, 2.45) is 5.92 Å². The minimum Gasteiger partial charge on any atom is -0.480 e. The predicted octanol–water partition coefficient (Wildman–Crippen LogP) is 1.53. The van der Waals surface area contributed by atoms with Gasteiger partial charge in [-0.3, -0.25) is 4.79 Å². The minimum atomic E-state index is -0.998. The zero-order chi connectivity index (χ0) is 14.4. The molecule has 6 nitrogen and oxygen atoms in total. The van der Waals surface area contributed by atoms with Crippen LogP contribution in [0.3, 0.4) is 0 Å². The third-order valence-corrected chi connectivity index (χ3v) is 3.41. The van der Waals surface area contributed by atoms with Crippen LogP contribution in [-0.4, -0.2) is 53.1 Å². The van der Waals surface area contributed by atoms with Crippen molar-refractivity contribution in [2.75, 3.05) is 20.1 Å². The number of rotatable bonds is 5. The van der Waals surface area contributed by atoms with Crippen LogP contribution in [0.5, 0.6) is 0 Å². The average molecular weight is 267 g/mol. The normalized spacial score (nSPS) is 16.7. The highest BCUT2D eigenvalue weighted by molar-refractivity contribution is 5.80. The highest BCUT2D eigenvalue weighted by Gasteiger charge is 2.30. The van der Waals surface area contributed by atoms with Crippen molar-refractivity contribution in [3.63, 3.8) is 0 Å². The number of nitrogens with zero attached hydrogens (tertiary/aromatic N) is 3. The number of urea groups is 1. The van der Waals surface area contributed by atoms with Crippen LogP contribution in [0.2, 0.25) is 0 Å². The van der Waals surface area contributed by atoms with Crippen molar-refractivity contribution in [1.29, 1.82) is 5.26 Å². The maximum Gasteiger partial charge on any atom is 0.323 e. The van der Waals surface area contributed by atoms with Crippen molar-refractivity contribution < 1.29 is 14.7 Å². The monoisotopic (exact) mass is 267 g/mol. The second-order valence-corrected chi connectivity index (χ2v) is 5.15. The Hall–Kier alpha value is -1.77. The number of nitriles is 1.